The molecule has 1 aromatic carbocycles. The number of aromatic nitrogens is 2. The van der Waals surface area contributed by atoms with E-state index < -0.39 is 6.04 Å². The number of amides is 1. The number of fused-ring (bicyclic) bond motifs is 1. The zero-order valence-corrected chi connectivity index (χ0v) is 11.2. The molecule has 1 aromatic heterocycles. The largest absolute Gasteiger partial charge is 0.385 e. The first-order valence-corrected chi connectivity index (χ1v) is 6.37. The van der Waals surface area contributed by atoms with Crippen LogP contribution in [0, 0.1) is 0 Å². The number of anilines is 1. The number of hydrogen-bond acceptors (Lipinski definition) is 4. The van der Waals surface area contributed by atoms with Crippen LogP contribution in [0.25, 0.3) is 11.0 Å². The van der Waals surface area contributed by atoms with Gasteiger partial charge in [0, 0.05) is 19.4 Å². The Kier molecular flexibility index (Phi) is 4.54. The molecule has 0 aliphatic carbocycles. The van der Waals surface area contributed by atoms with E-state index in [1.807, 2.05) is 0 Å². The molecule has 0 aliphatic heterocycles. The number of carbonyl (C=O) groups excluding carboxylic acids is 1. The fourth-order valence-corrected chi connectivity index (χ4v) is 1.92. The SMILES string of the molecule is COCCCC(N)C(=O)Nc1ccc2[nH]c(=O)[nH]c2c1. The number of carbonyl (C=O) groups is 1. The first kappa shape index (κ1) is 14.3. The summed E-state index contributed by atoms with van der Waals surface area (Å²) in [6.45, 7) is 0.581. The Morgan fingerprint density at radius 2 is 2.15 bits per heavy atom. The maximum atomic E-state index is 11.9. The minimum Gasteiger partial charge on any atom is -0.385 e. The van der Waals surface area contributed by atoms with E-state index in [1.54, 1.807) is 25.3 Å². The molecular weight excluding hydrogens is 260 g/mol. The molecule has 0 aliphatic rings. The van der Waals surface area contributed by atoms with Crippen LogP contribution in [0.2, 0.25) is 0 Å². The van der Waals surface area contributed by atoms with E-state index in [1.165, 1.54) is 0 Å². The Labute approximate surface area is 115 Å². The monoisotopic (exact) mass is 278 g/mol. The van der Waals surface area contributed by atoms with Crippen molar-refractivity contribution >= 4 is 22.6 Å². The lowest BCUT2D eigenvalue weighted by atomic mass is 10.1. The second-order valence-electron chi connectivity index (χ2n) is 4.57. The van der Waals surface area contributed by atoms with Crippen LogP contribution in [0.4, 0.5) is 5.69 Å². The van der Waals surface area contributed by atoms with Crippen molar-refractivity contribution in [3.05, 3.63) is 28.7 Å². The summed E-state index contributed by atoms with van der Waals surface area (Å²) < 4.78 is 4.92. The number of ether oxygens (including phenoxy) is 1. The van der Waals surface area contributed by atoms with Crippen LogP contribution in [0.3, 0.4) is 0 Å². The number of nitrogens with one attached hydrogen (secondary N) is 3. The summed E-state index contributed by atoms with van der Waals surface area (Å²) in [7, 11) is 1.61. The average Bonchev–Trinajstić information content (AvgIpc) is 2.78. The van der Waals surface area contributed by atoms with Crippen molar-refractivity contribution in [1.29, 1.82) is 0 Å². The van der Waals surface area contributed by atoms with Crippen molar-refractivity contribution in [3.63, 3.8) is 0 Å². The molecule has 1 amide bonds. The van der Waals surface area contributed by atoms with Crippen LogP contribution in [0.5, 0.6) is 0 Å². The summed E-state index contributed by atoms with van der Waals surface area (Å²) in [4.78, 5) is 28.3. The highest BCUT2D eigenvalue weighted by Crippen LogP contribution is 2.14. The Hall–Kier alpha value is -2.12. The number of nitrogens with two attached hydrogens (primary N) is 1. The minimum atomic E-state index is -0.578. The Morgan fingerprint density at radius 1 is 1.40 bits per heavy atom. The Morgan fingerprint density at radius 3 is 2.90 bits per heavy atom. The van der Waals surface area contributed by atoms with Crippen LogP contribution in [-0.4, -0.2) is 35.6 Å². The number of methoxy groups -OCH3 is 1. The van der Waals surface area contributed by atoms with Crippen molar-refractivity contribution in [3.8, 4) is 0 Å². The van der Waals surface area contributed by atoms with E-state index in [9.17, 15) is 9.59 Å². The molecule has 108 valence electrons. The van der Waals surface area contributed by atoms with Crippen LogP contribution in [0.15, 0.2) is 23.0 Å². The third-order valence-corrected chi connectivity index (χ3v) is 2.98. The topological polar surface area (TPSA) is 113 Å². The van der Waals surface area contributed by atoms with E-state index in [4.69, 9.17) is 10.5 Å². The zero-order chi connectivity index (χ0) is 14.5. The lowest BCUT2D eigenvalue weighted by molar-refractivity contribution is -0.117. The highest BCUT2D eigenvalue weighted by molar-refractivity contribution is 5.96. The predicted octanol–water partition coefficient (Wildman–Crippen LogP) is 0.549. The standard InChI is InChI=1S/C13H18N4O3/c1-20-6-2-3-9(14)12(18)15-8-4-5-10-11(7-8)17-13(19)16-10/h4-5,7,9H,2-3,6,14H2,1H3,(H,15,18)(H2,16,17,19). The second kappa shape index (κ2) is 6.36. The van der Waals surface area contributed by atoms with Gasteiger partial charge in [-0.25, -0.2) is 4.79 Å². The first-order chi connectivity index (χ1) is 9.60. The van der Waals surface area contributed by atoms with Crippen molar-refractivity contribution in [1.82, 2.24) is 9.97 Å². The summed E-state index contributed by atoms with van der Waals surface area (Å²) in [5.41, 5.74) is 7.44. The number of H-pyrrole nitrogens is 2. The Balaban J connectivity index is 2.00. The van der Waals surface area contributed by atoms with Gasteiger partial charge in [-0.05, 0) is 31.0 Å². The maximum Gasteiger partial charge on any atom is 0.323 e. The molecule has 0 radical (unpaired) electrons. The number of imidazole rings is 1. The summed E-state index contributed by atoms with van der Waals surface area (Å²) in [6, 6.07) is 4.55. The van der Waals surface area contributed by atoms with E-state index in [2.05, 4.69) is 15.3 Å². The van der Waals surface area contributed by atoms with Crippen LogP contribution < -0.4 is 16.7 Å². The molecule has 0 bridgehead atoms. The lowest BCUT2D eigenvalue weighted by Gasteiger charge is -2.12. The number of aromatic amines is 2. The van der Waals surface area contributed by atoms with Gasteiger partial charge in [0.1, 0.15) is 0 Å². The Bertz CT molecular complexity index is 646. The van der Waals surface area contributed by atoms with Crippen molar-refractivity contribution in [2.24, 2.45) is 5.73 Å². The van der Waals surface area contributed by atoms with E-state index in [0.29, 0.717) is 29.7 Å². The van der Waals surface area contributed by atoms with Crippen molar-refractivity contribution < 1.29 is 9.53 Å². The predicted molar refractivity (Wildman–Crippen MR) is 76.6 cm³/mol. The zero-order valence-electron chi connectivity index (χ0n) is 11.2. The summed E-state index contributed by atoms with van der Waals surface area (Å²) in [6.07, 6.45) is 1.29. The number of hydrogen-bond donors (Lipinski definition) is 4. The number of rotatable bonds is 6. The van der Waals surface area contributed by atoms with Gasteiger partial charge in [-0.15, -0.1) is 0 Å². The molecule has 1 atom stereocenters. The molecule has 5 N–H and O–H groups in total. The third kappa shape index (κ3) is 3.46. The van der Waals surface area contributed by atoms with Gasteiger partial charge in [0.2, 0.25) is 5.91 Å². The fraction of sp³-hybridized carbons (Fsp3) is 0.385. The quantitative estimate of drug-likeness (QED) is 0.578. The highest BCUT2D eigenvalue weighted by Gasteiger charge is 2.13. The average molecular weight is 278 g/mol. The van der Waals surface area contributed by atoms with Gasteiger partial charge in [-0.2, -0.15) is 0 Å². The van der Waals surface area contributed by atoms with E-state index in [0.717, 1.165) is 6.42 Å². The van der Waals surface area contributed by atoms with Gasteiger partial charge in [-0.3, -0.25) is 4.79 Å². The molecule has 7 nitrogen and oxygen atoms in total. The molecule has 0 saturated carbocycles. The third-order valence-electron chi connectivity index (χ3n) is 2.98. The molecule has 2 aromatic rings. The smallest absolute Gasteiger partial charge is 0.323 e. The van der Waals surface area contributed by atoms with E-state index >= 15 is 0 Å². The van der Waals surface area contributed by atoms with Gasteiger partial charge in [0.15, 0.2) is 0 Å². The molecule has 0 fully saturated rings. The molecular formula is C13H18N4O3. The normalized spacial score (nSPS) is 12.5. The van der Waals surface area contributed by atoms with Crippen molar-refractivity contribution in [2.75, 3.05) is 19.0 Å². The van der Waals surface area contributed by atoms with Crippen LogP contribution >= 0.6 is 0 Å². The summed E-state index contributed by atoms with van der Waals surface area (Å²) in [5.74, 6) is -0.252. The van der Waals surface area contributed by atoms with Crippen LogP contribution in [0.1, 0.15) is 12.8 Å². The number of benzene rings is 1. The molecule has 0 saturated heterocycles. The highest BCUT2D eigenvalue weighted by atomic mass is 16.5. The molecule has 0 spiro atoms. The van der Waals surface area contributed by atoms with Gasteiger partial charge in [0.25, 0.3) is 0 Å². The van der Waals surface area contributed by atoms with Gasteiger partial charge in [-0.1, -0.05) is 0 Å². The van der Waals surface area contributed by atoms with Gasteiger partial charge < -0.3 is 25.8 Å². The van der Waals surface area contributed by atoms with Crippen LogP contribution in [-0.2, 0) is 9.53 Å². The summed E-state index contributed by atoms with van der Waals surface area (Å²) >= 11 is 0. The minimum absolute atomic E-state index is 0.252. The molecule has 2 rings (SSSR count). The molecule has 1 unspecified atom stereocenters. The van der Waals surface area contributed by atoms with Gasteiger partial charge in [0.05, 0.1) is 17.1 Å². The van der Waals surface area contributed by atoms with E-state index in [-0.39, 0.29) is 11.6 Å². The second-order valence-corrected chi connectivity index (χ2v) is 4.57. The molecule has 1 heterocycles. The summed E-state index contributed by atoms with van der Waals surface area (Å²) in [5, 5.41) is 2.73. The molecule has 7 heteroatoms. The van der Waals surface area contributed by atoms with Crippen molar-refractivity contribution in [2.45, 2.75) is 18.9 Å². The fourth-order valence-electron chi connectivity index (χ4n) is 1.92. The molecule has 20 heavy (non-hydrogen) atoms. The maximum absolute atomic E-state index is 11.9. The first-order valence-electron chi connectivity index (χ1n) is 6.37. The lowest BCUT2D eigenvalue weighted by Crippen LogP contribution is -2.35. The van der Waals surface area contributed by atoms with Gasteiger partial charge >= 0.3 is 5.69 Å².